The fraction of sp³-hybridized carbons (Fsp3) is 0.375. The van der Waals surface area contributed by atoms with Gasteiger partial charge in [-0.2, -0.15) is 0 Å². The Morgan fingerprint density at radius 1 is 0.902 bits per heavy atom. The zero-order chi connectivity index (χ0) is 29.6. The smallest absolute Gasteiger partial charge is 0.408 e. The summed E-state index contributed by atoms with van der Waals surface area (Å²) in [5.41, 5.74) is 2.52. The average Bonchev–Trinajstić information content (AvgIpc) is 3.29. The van der Waals surface area contributed by atoms with Crippen LogP contribution in [0, 0.1) is 11.6 Å². The molecule has 41 heavy (non-hydrogen) atoms. The van der Waals surface area contributed by atoms with Crippen LogP contribution in [0.4, 0.5) is 13.6 Å². The van der Waals surface area contributed by atoms with E-state index in [4.69, 9.17) is 14.2 Å². The van der Waals surface area contributed by atoms with E-state index in [-0.39, 0.29) is 31.2 Å². The van der Waals surface area contributed by atoms with Gasteiger partial charge in [-0.3, -0.25) is 4.79 Å². The molecule has 3 aromatic carbocycles. The highest BCUT2D eigenvalue weighted by Gasteiger charge is 2.42. The minimum Gasteiger partial charge on any atom is -0.449 e. The normalized spacial score (nSPS) is 13.8. The summed E-state index contributed by atoms with van der Waals surface area (Å²) in [6.07, 6.45) is -1.56. The highest BCUT2D eigenvalue weighted by Crippen LogP contribution is 2.44. The Labute approximate surface area is 239 Å². The lowest BCUT2D eigenvalue weighted by atomic mass is 9.90. The lowest BCUT2D eigenvalue weighted by molar-refractivity contribution is -0.162. The zero-order valence-electron chi connectivity index (χ0n) is 23.8. The summed E-state index contributed by atoms with van der Waals surface area (Å²) in [6.45, 7) is 7.93. The van der Waals surface area contributed by atoms with Crippen LogP contribution in [0.3, 0.4) is 0 Å². The SMILES string of the molecule is CCOC(CN(CC)C(=O)C(C)(NC(=O)OCC1c2ccccc2-c2ccccc21)c1ccc(F)c(F)c1)OCC. The molecule has 1 unspecified atom stereocenters. The van der Waals surface area contributed by atoms with Crippen LogP contribution in [0.25, 0.3) is 11.1 Å². The van der Waals surface area contributed by atoms with Crippen LogP contribution >= 0.6 is 0 Å². The van der Waals surface area contributed by atoms with E-state index in [1.807, 2.05) is 62.4 Å². The van der Waals surface area contributed by atoms with E-state index in [0.717, 1.165) is 34.4 Å². The summed E-state index contributed by atoms with van der Waals surface area (Å²) >= 11 is 0. The first-order valence-corrected chi connectivity index (χ1v) is 13.8. The van der Waals surface area contributed by atoms with Gasteiger partial charge < -0.3 is 24.4 Å². The molecule has 7 nitrogen and oxygen atoms in total. The average molecular weight is 567 g/mol. The standard InChI is InChI=1S/C32H36F2N2O5/c1-5-36(19-29(39-6-2)40-7-3)30(37)32(4,21-16-17-27(33)28(34)18-21)35-31(38)41-20-26-24-14-10-8-12-22(24)23-13-9-11-15-25(23)26/h8-18,26,29H,5-7,19-20H2,1-4H3,(H,35,38). The first-order chi connectivity index (χ1) is 19.7. The van der Waals surface area contributed by atoms with Gasteiger partial charge in [-0.15, -0.1) is 0 Å². The van der Waals surface area contributed by atoms with Crippen LogP contribution in [-0.4, -0.2) is 56.1 Å². The first-order valence-electron chi connectivity index (χ1n) is 13.8. The molecule has 0 fully saturated rings. The molecule has 0 aliphatic heterocycles. The minimum atomic E-state index is -1.78. The fourth-order valence-corrected chi connectivity index (χ4v) is 5.27. The summed E-state index contributed by atoms with van der Waals surface area (Å²) in [5, 5.41) is 2.66. The molecule has 0 spiro atoms. The van der Waals surface area contributed by atoms with Crippen LogP contribution in [0.1, 0.15) is 50.3 Å². The van der Waals surface area contributed by atoms with E-state index in [1.54, 1.807) is 6.92 Å². The third-order valence-corrected chi connectivity index (χ3v) is 7.36. The largest absolute Gasteiger partial charge is 0.449 e. The Bertz CT molecular complexity index is 1330. The predicted octanol–water partition coefficient (Wildman–Crippen LogP) is 5.97. The van der Waals surface area contributed by atoms with E-state index in [0.29, 0.717) is 13.2 Å². The summed E-state index contributed by atoms with van der Waals surface area (Å²) in [4.78, 5) is 28.7. The summed E-state index contributed by atoms with van der Waals surface area (Å²) in [7, 11) is 0. The molecule has 4 rings (SSSR count). The van der Waals surface area contributed by atoms with E-state index in [9.17, 15) is 18.4 Å². The van der Waals surface area contributed by atoms with E-state index < -0.39 is 35.5 Å². The molecular weight excluding hydrogens is 530 g/mol. The zero-order valence-corrected chi connectivity index (χ0v) is 23.8. The van der Waals surface area contributed by atoms with Crippen molar-refractivity contribution < 1.29 is 32.6 Å². The summed E-state index contributed by atoms with van der Waals surface area (Å²) in [5.74, 6) is -2.95. The Kier molecular flexibility index (Phi) is 9.73. The van der Waals surface area contributed by atoms with Gasteiger partial charge >= 0.3 is 6.09 Å². The van der Waals surface area contributed by atoms with Crippen molar-refractivity contribution in [3.8, 4) is 11.1 Å². The molecule has 0 saturated carbocycles. The highest BCUT2D eigenvalue weighted by molar-refractivity contribution is 5.91. The molecular formula is C32H36F2N2O5. The van der Waals surface area contributed by atoms with E-state index in [1.165, 1.54) is 17.9 Å². The molecule has 0 saturated heterocycles. The molecule has 218 valence electrons. The lowest BCUT2D eigenvalue weighted by Gasteiger charge is -2.36. The maximum atomic E-state index is 14.4. The number of nitrogens with zero attached hydrogens (tertiary/aromatic N) is 1. The predicted molar refractivity (Wildman–Crippen MR) is 151 cm³/mol. The number of amides is 2. The van der Waals surface area contributed by atoms with Gasteiger partial charge in [0.2, 0.25) is 0 Å². The number of nitrogens with one attached hydrogen (secondary N) is 1. The van der Waals surface area contributed by atoms with Crippen molar-refractivity contribution in [1.82, 2.24) is 10.2 Å². The van der Waals surface area contributed by atoms with Gasteiger partial charge in [-0.1, -0.05) is 54.6 Å². The number of likely N-dealkylation sites (N-methyl/N-ethyl adjacent to an activating group) is 1. The number of carbonyl (C=O) groups excluding carboxylic acids is 2. The van der Waals surface area contributed by atoms with Crippen molar-refractivity contribution in [2.24, 2.45) is 0 Å². The third kappa shape index (κ3) is 6.41. The molecule has 0 aromatic heterocycles. The number of rotatable bonds is 12. The molecule has 1 N–H and O–H groups in total. The van der Waals surface area contributed by atoms with Gasteiger partial charge in [-0.25, -0.2) is 13.6 Å². The van der Waals surface area contributed by atoms with Gasteiger partial charge in [0.1, 0.15) is 12.1 Å². The third-order valence-electron chi connectivity index (χ3n) is 7.36. The molecule has 0 bridgehead atoms. The Morgan fingerprint density at radius 2 is 1.49 bits per heavy atom. The lowest BCUT2D eigenvalue weighted by Crippen LogP contribution is -2.57. The number of ether oxygens (including phenoxy) is 3. The van der Waals surface area contributed by atoms with Crippen molar-refractivity contribution in [1.29, 1.82) is 0 Å². The number of halogens is 2. The molecule has 3 aromatic rings. The van der Waals surface area contributed by atoms with Crippen LogP contribution in [0.5, 0.6) is 0 Å². The Morgan fingerprint density at radius 3 is 2.02 bits per heavy atom. The Hall–Kier alpha value is -3.82. The van der Waals surface area contributed by atoms with Crippen LogP contribution in [-0.2, 0) is 24.5 Å². The van der Waals surface area contributed by atoms with Crippen molar-refractivity contribution in [2.45, 2.75) is 45.4 Å². The van der Waals surface area contributed by atoms with Crippen LogP contribution in [0.2, 0.25) is 0 Å². The van der Waals surface area contributed by atoms with Gasteiger partial charge in [-0.05, 0) is 67.6 Å². The van der Waals surface area contributed by atoms with Crippen molar-refractivity contribution >= 4 is 12.0 Å². The van der Waals surface area contributed by atoms with Crippen LogP contribution in [0.15, 0.2) is 66.7 Å². The van der Waals surface area contributed by atoms with E-state index in [2.05, 4.69) is 5.32 Å². The minimum absolute atomic E-state index is 0.0240. The fourth-order valence-electron chi connectivity index (χ4n) is 5.27. The molecule has 9 heteroatoms. The highest BCUT2D eigenvalue weighted by atomic mass is 19.2. The van der Waals surface area contributed by atoms with Gasteiger partial charge in [0.05, 0.1) is 6.54 Å². The van der Waals surface area contributed by atoms with Crippen LogP contribution < -0.4 is 5.32 Å². The topological polar surface area (TPSA) is 77.1 Å². The molecule has 0 radical (unpaired) electrons. The van der Waals surface area contributed by atoms with E-state index >= 15 is 0 Å². The number of hydrogen-bond acceptors (Lipinski definition) is 5. The second-order valence-electron chi connectivity index (χ2n) is 9.89. The quantitative estimate of drug-likeness (QED) is 0.274. The monoisotopic (exact) mass is 566 g/mol. The molecule has 1 aliphatic carbocycles. The summed E-state index contributed by atoms with van der Waals surface area (Å²) in [6, 6.07) is 19.0. The number of benzene rings is 3. The van der Waals surface area contributed by atoms with Crippen molar-refractivity contribution in [3.63, 3.8) is 0 Å². The van der Waals surface area contributed by atoms with Crippen molar-refractivity contribution in [2.75, 3.05) is 32.9 Å². The molecule has 1 atom stereocenters. The number of carbonyl (C=O) groups is 2. The second-order valence-corrected chi connectivity index (χ2v) is 9.89. The number of fused-ring (bicyclic) bond motifs is 3. The molecule has 2 amide bonds. The molecule has 1 aliphatic rings. The second kappa shape index (κ2) is 13.2. The van der Waals surface area contributed by atoms with Gasteiger partial charge in [0.15, 0.2) is 17.9 Å². The van der Waals surface area contributed by atoms with Gasteiger partial charge in [0, 0.05) is 25.7 Å². The maximum Gasteiger partial charge on any atom is 0.408 e. The maximum absolute atomic E-state index is 14.4. The van der Waals surface area contributed by atoms with Gasteiger partial charge in [0.25, 0.3) is 5.91 Å². The molecule has 0 heterocycles. The first kappa shape index (κ1) is 30.1. The number of alkyl carbamates (subject to hydrolysis) is 1. The Balaban J connectivity index is 1.58. The number of hydrogen-bond donors (Lipinski definition) is 1. The summed E-state index contributed by atoms with van der Waals surface area (Å²) < 4.78 is 45.1. The van der Waals surface area contributed by atoms with Crippen molar-refractivity contribution in [3.05, 3.63) is 95.1 Å².